The monoisotopic (exact) mass is 321 g/mol. The van der Waals surface area contributed by atoms with Gasteiger partial charge in [0.1, 0.15) is 5.82 Å². The lowest BCUT2D eigenvalue weighted by Gasteiger charge is -2.16. The van der Waals surface area contributed by atoms with Gasteiger partial charge in [-0.25, -0.2) is 14.9 Å². The van der Waals surface area contributed by atoms with Gasteiger partial charge in [-0.05, 0) is 43.2 Å². The zero-order chi connectivity index (χ0) is 16.9. The maximum absolute atomic E-state index is 12.9. The number of hydrogen-bond donors (Lipinski definition) is 1. The molecule has 4 rings (SSSR count). The third-order valence-electron chi connectivity index (χ3n) is 4.30. The van der Waals surface area contributed by atoms with E-state index in [1.54, 1.807) is 12.4 Å². The lowest BCUT2D eigenvalue weighted by Crippen LogP contribution is -2.33. The Kier molecular flexibility index (Phi) is 2.96. The number of fused-ring (bicyclic) bond motifs is 1. The SMILES string of the molecule is Cc1ncc(-c2ccc3c(c2)N(c2nn[nH]n2)C(=O)C3(C)C)cn1. The first kappa shape index (κ1) is 14.4. The van der Waals surface area contributed by atoms with Gasteiger partial charge in [0.15, 0.2) is 0 Å². The van der Waals surface area contributed by atoms with E-state index in [0.29, 0.717) is 5.82 Å². The number of carbonyl (C=O) groups excluding carboxylic acids is 1. The molecule has 0 saturated heterocycles. The second kappa shape index (κ2) is 4.92. The van der Waals surface area contributed by atoms with E-state index in [4.69, 9.17) is 0 Å². The van der Waals surface area contributed by atoms with Gasteiger partial charge < -0.3 is 0 Å². The van der Waals surface area contributed by atoms with Crippen molar-refractivity contribution < 1.29 is 4.79 Å². The molecular weight excluding hydrogens is 306 g/mol. The third kappa shape index (κ3) is 1.99. The van der Waals surface area contributed by atoms with Gasteiger partial charge in [0.05, 0.1) is 11.1 Å². The van der Waals surface area contributed by atoms with Gasteiger partial charge in [0, 0.05) is 18.0 Å². The summed E-state index contributed by atoms with van der Waals surface area (Å²) in [6.07, 6.45) is 3.54. The fourth-order valence-corrected chi connectivity index (χ4v) is 2.92. The Bertz CT molecular complexity index is 916. The van der Waals surface area contributed by atoms with Crippen molar-refractivity contribution in [3.63, 3.8) is 0 Å². The molecule has 0 bridgehead atoms. The van der Waals surface area contributed by atoms with Gasteiger partial charge in [-0.2, -0.15) is 5.21 Å². The largest absolute Gasteiger partial charge is 0.277 e. The fraction of sp³-hybridized carbons (Fsp3) is 0.250. The van der Waals surface area contributed by atoms with Crippen molar-refractivity contribution in [3.05, 3.63) is 42.0 Å². The number of carbonyl (C=O) groups is 1. The number of tetrazole rings is 1. The summed E-state index contributed by atoms with van der Waals surface area (Å²) in [5.41, 5.74) is 2.83. The summed E-state index contributed by atoms with van der Waals surface area (Å²) < 4.78 is 0. The summed E-state index contributed by atoms with van der Waals surface area (Å²) in [5, 5.41) is 13.9. The van der Waals surface area contributed by atoms with Gasteiger partial charge in [-0.3, -0.25) is 4.79 Å². The fourth-order valence-electron chi connectivity index (χ4n) is 2.92. The molecule has 1 N–H and O–H groups in total. The average Bonchev–Trinajstić information content (AvgIpc) is 3.15. The van der Waals surface area contributed by atoms with Crippen LogP contribution < -0.4 is 4.90 Å². The summed E-state index contributed by atoms with van der Waals surface area (Å²) in [6.45, 7) is 5.62. The normalized spacial score (nSPS) is 15.6. The molecule has 0 spiro atoms. The van der Waals surface area contributed by atoms with Crippen molar-refractivity contribution in [2.75, 3.05) is 4.90 Å². The van der Waals surface area contributed by atoms with Gasteiger partial charge in [0.2, 0.25) is 5.91 Å². The van der Waals surface area contributed by atoms with Crippen LogP contribution in [0.4, 0.5) is 11.6 Å². The summed E-state index contributed by atoms with van der Waals surface area (Å²) in [7, 11) is 0. The standard InChI is InChI=1S/C16H15N7O/c1-9-17-7-11(8-18-9)10-4-5-12-13(6-10)23(14(24)16(12,2)3)15-19-21-22-20-15/h4-8H,1-3H3,(H,19,20,21,22). The molecule has 3 heterocycles. The van der Waals surface area contributed by atoms with E-state index >= 15 is 0 Å². The minimum atomic E-state index is -0.654. The van der Waals surface area contributed by atoms with E-state index < -0.39 is 5.41 Å². The Hall–Kier alpha value is -3.16. The van der Waals surface area contributed by atoms with E-state index in [9.17, 15) is 4.79 Å². The van der Waals surface area contributed by atoms with Crippen molar-refractivity contribution in [2.24, 2.45) is 0 Å². The van der Waals surface area contributed by atoms with Gasteiger partial charge in [-0.15, -0.1) is 5.10 Å². The zero-order valence-corrected chi connectivity index (χ0v) is 13.5. The molecular formula is C16H15N7O. The molecule has 1 aliphatic heterocycles. The lowest BCUT2D eigenvalue weighted by atomic mass is 9.85. The second-order valence-corrected chi connectivity index (χ2v) is 6.23. The van der Waals surface area contributed by atoms with Crippen LogP contribution >= 0.6 is 0 Å². The van der Waals surface area contributed by atoms with Crippen LogP contribution in [0, 0.1) is 6.92 Å². The summed E-state index contributed by atoms with van der Waals surface area (Å²) in [6, 6.07) is 5.87. The predicted octanol–water partition coefficient (Wildman–Crippen LogP) is 1.92. The molecule has 24 heavy (non-hydrogen) atoms. The number of nitrogens with one attached hydrogen (secondary N) is 1. The number of hydrogen-bond acceptors (Lipinski definition) is 6. The number of rotatable bonds is 2. The van der Waals surface area contributed by atoms with Crippen molar-refractivity contribution in [2.45, 2.75) is 26.2 Å². The molecule has 3 aromatic rings. The molecule has 0 radical (unpaired) electrons. The number of aromatic nitrogens is 6. The second-order valence-electron chi connectivity index (χ2n) is 6.23. The molecule has 0 saturated carbocycles. The minimum absolute atomic E-state index is 0.0868. The molecule has 0 unspecified atom stereocenters. The molecule has 0 atom stereocenters. The molecule has 1 amide bonds. The van der Waals surface area contributed by atoms with Crippen LogP contribution in [-0.2, 0) is 10.2 Å². The Labute approximate surface area is 137 Å². The maximum atomic E-state index is 12.9. The third-order valence-corrected chi connectivity index (χ3v) is 4.30. The number of aromatic amines is 1. The number of anilines is 2. The van der Waals surface area contributed by atoms with Crippen molar-refractivity contribution in [1.29, 1.82) is 0 Å². The Morgan fingerprint density at radius 2 is 1.88 bits per heavy atom. The average molecular weight is 321 g/mol. The Morgan fingerprint density at radius 3 is 2.54 bits per heavy atom. The number of aryl methyl sites for hydroxylation is 1. The molecule has 1 aliphatic rings. The molecule has 0 aliphatic carbocycles. The molecule has 0 fully saturated rings. The van der Waals surface area contributed by atoms with Crippen LogP contribution in [-0.4, -0.2) is 36.5 Å². The van der Waals surface area contributed by atoms with Crippen molar-refractivity contribution in [3.8, 4) is 11.1 Å². The van der Waals surface area contributed by atoms with Crippen LogP contribution in [0.3, 0.4) is 0 Å². The van der Waals surface area contributed by atoms with E-state index in [1.165, 1.54) is 4.90 Å². The van der Waals surface area contributed by atoms with Gasteiger partial charge >= 0.3 is 0 Å². The zero-order valence-electron chi connectivity index (χ0n) is 13.5. The molecule has 2 aromatic heterocycles. The van der Waals surface area contributed by atoms with Crippen LogP contribution in [0.15, 0.2) is 30.6 Å². The predicted molar refractivity (Wildman–Crippen MR) is 86.6 cm³/mol. The highest BCUT2D eigenvalue weighted by atomic mass is 16.2. The first-order valence-corrected chi connectivity index (χ1v) is 7.50. The van der Waals surface area contributed by atoms with E-state index in [0.717, 1.165) is 22.4 Å². The Balaban J connectivity index is 1.88. The van der Waals surface area contributed by atoms with Crippen LogP contribution in [0.1, 0.15) is 25.2 Å². The summed E-state index contributed by atoms with van der Waals surface area (Å²) >= 11 is 0. The van der Waals surface area contributed by atoms with E-state index in [-0.39, 0.29) is 11.9 Å². The van der Waals surface area contributed by atoms with Gasteiger partial charge in [0.25, 0.3) is 5.95 Å². The van der Waals surface area contributed by atoms with Crippen molar-refractivity contribution in [1.82, 2.24) is 30.6 Å². The summed E-state index contributed by atoms with van der Waals surface area (Å²) in [5.74, 6) is 0.866. The first-order valence-electron chi connectivity index (χ1n) is 7.50. The number of H-pyrrole nitrogens is 1. The number of benzene rings is 1. The molecule has 8 nitrogen and oxygen atoms in total. The van der Waals surface area contributed by atoms with Crippen LogP contribution in [0.2, 0.25) is 0 Å². The van der Waals surface area contributed by atoms with E-state index in [1.807, 2.05) is 39.0 Å². The van der Waals surface area contributed by atoms with Gasteiger partial charge in [-0.1, -0.05) is 17.2 Å². The Morgan fingerprint density at radius 1 is 1.12 bits per heavy atom. The first-order chi connectivity index (χ1) is 11.5. The van der Waals surface area contributed by atoms with Crippen LogP contribution in [0.25, 0.3) is 11.1 Å². The molecule has 8 heteroatoms. The maximum Gasteiger partial charge on any atom is 0.277 e. The highest BCUT2D eigenvalue weighted by molar-refractivity contribution is 6.11. The quantitative estimate of drug-likeness (QED) is 0.774. The highest BCUT2D eigenvalue weighted by Crippen LogP contribution is 2.45. The highest BCUT2D eigenvalue weighted by Gasteiger charge is 2.46. The van der Waals surface area contributed by atoms with E-state index in [2.05, 4.69) is 30.6 Å². The smallest absolute Gasteiger partial charge is 0.273 e. The molecule has 120 valence electrons. The lowest BCUT2D eigenvalue weighted by molar-refractivity contribution is -0.121. The topological polar surface area (TPSA) is 101 Å². The number of nitrogens with zero attached hydrogens (tertiary/aromatic N) is 6. The minimum Gasteiger partial charge on any atom is -0.273 e. The molecule has 1 aromatic carbocycles. The number of amides is 1. The van der Waals surface area contributed by atoms with Crippen molar-refractivity contribution >= 4 is 17.5 Å². The van der Waals surface area contributed by atoms with Crippen LogP contribution in [0.5, 0.6) is 0 Å². The summed E-state index contributed by atoms with van der Waals surface area (Å²) in [4.78, 5) is 22.8.